The first-order valence-corrected chi connectivity index (χ1v) is 9.96. The van der Waals surface area contributed by atoms with Gasteiger partial charge in [0.2, 0.25) is 5.91 Å². The molecule has 0 unspecified atom stereocenters. The highest BCUT2D eigenvalue weighted by Crippen LogP contribution is 2.23. The molecule has 2 aromatic heterocycles. The van der Waals surface area contributed by atoms with Crippen LogP contribution in [0.2, 0.25) is 0 Å². The summed E-state index contributed by atoms with van der Waals surface area (Å²) in [4.78, 5) is 32.2. The van der Waals surface area contributed by atoms with Crippen LogP contribution in [0.5, 0.6) is 0 Å². The fourth-order valence-corrected chi connectivity index (χ4v) is 4.52. The van der Waals surface area contributed by atoms with Crippen LogP contribution in [0, 0.1) is 5.92 Å². The smallest absolute Gasteiger partial charge is 0.263 e. The van der Waals surface area contributed by atoms with Gasteiger partial charge in [0.15, 0.2) is 5.16 Å². The van der Waals surface area contributed by atoms with E-state index in [-0.39, 0.29) is 11.5 Å². The van der Waals surface area contributed by atoms with Crippen LogP contribution >= 0.6 is 23.1 Å². The van der Waals surface area contributed by atoms with Crippen LogP contribution in [-0.2, 0) is 11.3 Å². The first-order chi connectivity index (χ1) is 11.6. The number of carbonyl (C=O) groups is 1. The van der Waals surface area contributed by atoms with Gasteiger partial charge in [0, 0.05) is 19.6 Å². The summed E-state index contributed by atoms with van der Waals surface area (Å²) >= 11 is 2.79. The van der Waals surface area contributed by atoms with E-state index in [1.807, 2.05) is 10.3 Å². The number of hydrogen-bond acceptors (Lipinski definition) is 5. The molecule has 0 spiro atoms. The van der Waals surface area contributed by atoms with Crippen molar-refractivity contribution in [1.29, 1.82) is 0 Å². The van der Waals surface area contributed by atoms with Gasteiger partial charge >= 0.3 is 0 Å². The number of likely N-dealkylation sites (tertiary alicyclic amines) is 1. The number of thioether (sulfide) groups is 1. The van der Waals surface area contributed by atoms with Crippen LogP contribution in [0.25, 0.3) is 10.2 Å². The summed E-state index contributed by atoms with van der Waals surface area (Å²) in [6.45, 7) is 8.00. The highest BCUT2D eigenvalue weighted by Gasteiger charge is 2.21. The fourth-order valence-electron chi connectivity index (χ4n) is 2.81. The number of amides is 1. The van der Waals surface area contributed by atoms with Gasteiger partial charge in [-0.2, -0.15) is 0 Å². The normalized spacial score (nSPS) is 15.8. The van der Waals surface area contributed by atoms with E-state index in [9.17, 15) is 9.59 Å². The van der Waals surface area contributed by atoms with E-state index in [0.717, 1.165) is 30.8 Å². The van der Waals surface area contributed by atoms with E-state index >= 15 is 0 Å². The number of piperidine rings is 1. The van der Waals surface area contributed by atoms with Crippen LogP contribution < -0.4 is 5.56 Å². The van der Waals surface area contributed by atoms with Gasteiger partial charge in [-0.05, 0) is 30.2 Å². The topological polar surface area (TPSA) is 55.2 Å². The number of aromatic nitrogens is 2. The lowest BCUT2D eigenvalue weighted by atomic mass is 9.99. The second kappa shape index (κ2) is 7.53. The molecular formula is C17H21N3O2S2. The third kappa shape index (κ3) is 3.57. The number of rotatable bonds is 5. The van der Waals surface area contributed by atoms with E-state index in [4.69, 9.17) is 0 Å². The molecule has 3 rings (SSSR count). The van der Waals surface area contributed by atoms with E-state index < -0.39 is 0 Å². The van der Waals surface area contributed by atoms with Crippen molar-refractivity contribution in [2.45, 2.75) is 31.5 Å². The minimum atomic E-state index is -0.0668. The summed E-state index contributed by atoms with van der Waals surface area (Å²) in [5.41, 5.74) is -0.0668. The summed E-state index contributed by atoms with van der Waals surface area (Å²) in [6.07, 6.45) is 3.81. The number of hydrogen-bond donors (Lipinski definition) is 0. The van der Waals surface area contributed by atoms with Crippen molar-refractivity contribution in [2.24, 2.45) is 5.92 Å². The van der Waals surface area contributed by atoms with Crippen molar-refractivity contribution in [1.82, 2.24) is 14.5 Å². The van der Waals surface area contributed by atoms with Gasteiger partial charge in [0.25, 0.3) is 5.56 Å². The molecule has 7 heteroatoms. The Morgan fingerprint density at radius 2 is 2.25 bits per heavy atom. The molecule has 1 aliphatic rings. The molecule has 0 bridgehead atoms. The third-order valence-electron chi connectivity index (χ3n) is 4.32. The van der Waals surface area contributed by atoms with Crippen molar-refractivity contribution in [3.8, 4) is 0 Å². The molecule has 0 atom stereocenters. The average molecular weight is 364 g/mol. The predicted octanol–water partition coefficient (Wildman–Crippen LogP) is 2.99. The fraction of sp³-hybridized carbons (Fsp3) is 0.471. The molecule has 128 valence electrons. The van der Waals surface area contributed by atoms with Crippen LogP contribution in [0.15, 0.2) is 34.1 Å². The van der Waals surface area contributed by atoms with Crippen LogP contribution in [-0.4, -0.2) is 39.2 Å². The number of thiophene rings is 1. The first-order valence-electron chi connectivity index (χ1n) is 8.09. The molecular weight excluding hydrogens is 342 g/mol. The summed E-state index contributed by atoms with van der Waals surface area (Å²) in [5, 5.41) is 3.09. The lowest BCUT2D eigenvalue weighted by Crippen LogP contribution is -2.39. The Morgan fingerprint density at radius 3 is 2.96 bits per heavy atom. The second-order valence-electron chi connectivity index (χ2n) is 6.09. The predicted molar refractivity (Wildman–Crippen MR) is 99.8 cm³/mol. The van der Waals surface area contributed by atoms with Gasteiger partial charge in [-0.1, -0.05) is 24.8 Å². The van der Waals surface area contributed by atoms with Gasteiger partial charge < -0.3 is 4.90 Å². The van der Waals surface area contributed by atoms with Gasteiger partial charge in [-0.15, -0.1) is 17.9 Å². The van der Waals surface area contributed by atoms with Crippen LogP contribution in [0.3, 0.4) is 0 Å². The van der Waals surface area contributed by atoms with Crippen molar-refractivity contribution in [3.63, 3.8) is 0 Å². The Bertz CT molecular complexity index is 804. The summed E-state index contributed by atoms with van der Waals surface area (Å²) in [5.74, 6) is 1.13. The Balaban J connectivity index is 1.76. The van der Waals surface area contributed by atoms with Crippen molar-refractivity contribution < 1.29 is 4.79 Å². The van der Waals surface area contributed by atoms with Gasteiger partial charge in [-0.3, -0.25) is 14.2 Å². The van der Waals surface area contributed by atoms with Crippen molar-refractivity contribution in [3.05, 3.63) is 34.5 Å². The summed E-state index contributed by atoms with van der Waals surface area (Å²) in [6, 6.07) is 1.80. The number of carbonyl (C=O) groups excluding carboxylic acids is 1. The Hall–Kier alpha value is -1.60. The Kier molecular flexibility index (Phi) is 5.40. The van der Waals surface area contributed by atoms with Crippen LogP contribution in [0.4, 0.5) is 0 Å². The molecule has 1 saturated heterocycles. The van der Waals surface area contributed by atoms with E-state index in [2.05, 4.69) is 18.5 Å². The summed E-state index contributed by atoms with van der Waals surface area (Å²) < 4.78 is 1.60. The standard InChI is InChI=1S/C17H21N3O2S2/c1-3-7-20-16(22)13-6-10-23-15(13)18-17(20)24-11-14(21)19-8-4-12(2)5-9-19/h3,6,10,12H,1,4-5,7-9,11H2,2H3. The lowest BCUT2D eigenvalue weighted by molar-refractivity contribution is -0.129. The average Bonchev–Trinajstić information content (AvgIpc) is 3.05. The molecule has 0 aliphatic carbocycles. The maximum Gasteiger partial charge on any atom is 0.263 e. The number of allylic oxidation sites excluding steroid dienone is 1. The van der Waals surface area contributed by atoms with Gasteiger partial charge in [0.05, 0.1) is 11.1 Å². The zero-order valence-electron chi connectivity index (χ0n) is 13.7. The Labute approximate surface area is 149 Å². The molecule has 5 nitrogen and oxygen atoms in total. The number of nitrogens with zero attached hydrogens (tertiary/aromatic N) is 3. The maximum atomic E-state index is 12.6. The molecule has 0 N–H and O–H groups in total. The van der Waals surface area contributed by atoms with Crippen molar-refractivity contribution in [2.75, 3.05) is 18.8 Å². The second-order valence-corrected chi connectivity index (χ2v) is 7.93. The van der Waals surface area contributed by atoms with E-state index in [1.165, 1.54) is 23.1 Å². The zero-order valence-corrected chi connectivity index (χ0v) is 15.4. The quantitative estimate of drug-likeness (QED) is 0.465. The highest BCUT2D eigenvalue weighted by molar-refractivity contribution is 7.99. The molecule has 1 amide bonds. The largest absolute Gasteiger partial charge is 0.342 e. The van der Waals surface area contributed by atoms with E-state index in [1.54, 1.807) is 16.7 Å². The third-order valence-corrected chi connectivity index (χ3v) is 6.09. The molecule has 3 heterocycles. The minimum Gasteiger partial charge on any atom is -0.342 e. The minimum absolute atomic E-state index is 0.0668. The highest BCUT2D eigenvalue weighted by atomic mass is 32.2. The molecule has 2 aromatic rings. The Morgan fingerprint density at radius 1 is 1.50 bits per heavy atom. The SMILES string of the molecule is C=CCn1c(SCC(=O)N2CCC(C)CC2)nc2sccc2c1=O. The number of fused-ring (bicyclic) bond motifs is 1. The zero-order chi connectivity index (χ0) is 17.1. The lowest BCUT2D eigenvalue weighted by Gasteiger charge is -2.30. The molecule has 1 aliphatic heterocycles. The van der Waals surface area contributed by atoms with Gasteiger partial charge in [-0.25, -0.2) is 4.98 Å². The molecule has 24 heavy (non-hydrogen) atoms. The first kappa shape index (κ1) is 17.2. The maximum absolute atomic E-state index is 12.6. The van der Waals surface area contributed by atoms with Gasteiger partial charge in [0.1, 0.15) is 4.83 Å². The monoisotopic (exact) mass is 363 g/mol. The molecule has 0 aromatic carbocycles. The molecule has 0 radical (unpaired) electrons. The van der Waals surface area contributed by atoms with Crippen LogP contribution in [0.1, 0.15) is 19.8 Å². The molecule has 1 fully saturated rings. The van der Waals surface area contributed by atoms with Crippen molar-refractivity contribution >= 4 is 39.2 Å². The van der Waals surface area contributed by atoms with E-state index in [0.29, 0.717) is 28.8 Å². The molecule has 0 saturated carbocycles. The summed E-state index contributed by atoms with van der Waals surface area (Å²) in [7, 11) is 0.